The van der Waals surface area contributed by atoms with E-state index in [9.17, 15) is 0 Å². The van der Waals surface area contributed by atoms with E-state index in [1.165, 1.54) is 10.9 Å². The van der Waals surface area contributed by atoms with Gasteiger partial charge in [-0.2, -0.15) is 0 Å². The molecular formula is C16H15NO. The standard InChI is InChI=1S/C16H15NO/c1-18-16-10-9-13(15-8-4-5-11-17-15)12-6-2-3-7-14(12)16/h2-3,6-11H,4-5H2,1H3. The van der Waals surface area contributed by atoms with E-state index in [1.807, 2.05) is 18.3 Å². The quantitative estimate of drug-likeness (QED) is 0.772. The second-order valence-electron chi connectivity index (χ2n) is 4.34. The Bertz CT molecular complexity index is 641. The Hall–Kier alpha value is -2.09. The molecule has 0 amide bonds. The number of aliphatic imine (C=N–C) groups is 1. The Morgan fingerprint density at radius 1 is 1.00 bits per heavy atom. The Balaban J connectivity index is 2.25. The van der Waals surface area contributed by atoms with E-state index < -0.39 is 0 Å². The van der Waals surface area contributed by atoms with Gasteiger partial charge in [-0.1, -0.05) is 30.3 Å². The lowest BCUT2D eigenvalue weighted by molar-refractivity contribution is 0.420. The molecule has 2 nitrogen and oxygen atoms in total. The summed E-state index contributed by atoms with van der Waals surface area (Å²) in [5, 5.41) is 2.33. The van der Waals surface area contributed by atoms with Gasteiger partial charge in [0.2, 0.25) is 0 Å². The minimum atomic E-state index is 0.912. The monoisotopic (exact) mass is 237 g/mol. The molecule has 2 aromatic rings. The predicted molar refractivity (Wildman–Crippen MR) is 76.2 cm³/mol. The van der Waals surface area contributed by atoms with Crippen molar-refractivity contribution in [2.24, 2.45) is 4.99 Å². The Kier molecular flexibility index (Phi) is 2.85. The molecule has 0 unspecified atom stereocenters. The number of rotatable bonds is 2. The summed E-state index contributed by atoms with van der Waals surface area (Å²) in [6.45, 7) is 0. The smallest absolute Gasteiger partial charge is 0.126 e. The predicted octanol–water partition coefficient (Wildman–Crippen LogP) is 4.05. The lowest BCUT2D eigenvalue weighted by Gasteiger charge is -2.12. The highest BCUT2D eigenvalue weighted by molar-refractivity contribution is 5.98. The van der Waals surface area contributed by atoms with Gasteiger partial charge in [0.05, 0.1) is 12.8 Å². The Labute approximate surface area is 107 Å². The second kappa shape index (κ2) is 4.65. The lowest BCUT2D eigenvalue weighted by Crippen LogP contribution is -1.92. The van der Waals surface area contributed by atoms with Crippen molar-refractivity contribution in [2.75, 3.05) is 7.11 Å². The molecule has 18 heavy (non-hydrogen) atoms. The molecule has 0 aromatic heterocycles. The molecule has 3 rings (SSSR count). The van der Waals surface area contributed by atoms with E-state index in [4.69, 9.17) is 4.74 Å². The van der Waals surface area contributed by atoms with Gasteiger partial charge in [0.15, 0.2) is 0 Å². The normalized spacial score (nSPS) is 14.6. The number of nitrogens with zero attached hydrogens (tertiary/aromatic N) is 1. The lowest BCUT2D eigenvalue weighted by atomic mass is 10.00. The highest BCUT2D eigenvalue weighted by Gasteiger charge is 2.09. The fourth-order valence-electron chi connectivity index (χ4n) is 2.36. The summed E-state index contributed by atoms with van der Waals surface area (Å²) in [5.41, 5.74) is 2.25. The molecular weight excluding hydrogens is 222 g/mol. The van der Waals surface area contributed by atoms with Crippen molar-refractivity contribution in [3.05, 3.63) is 48.0 Å². The van der Waals surface area contributed by atoms with Gasteiger partial charge in [-0.3, -0.25) is 4.99 Å². The van der Waals surface area contributed by atoms with Crippen LogP contribution in [-0.2, 0) is 0 Å². The zero-order valence-electron chi connectivity index (χ0n) is 10.4. The highest BCUT2D eigenvalue weighted by Crippen LogP contribution is 2.33. The number of methoxy groups -OCH3 is 1. The van der Waals surface area contributed by atoms with Crippen LogP contribution in [0.2, 0.25) is 0 Å². The maximum Gasteiger partial charge on any atom is 0.126 e. The number of ether oxygens (including phenoxy) is 1. The summed E-state index contributed by atoms with van der Waals surface area (Å²) in [7, 11) is 1.71. The van der Waals surface area contributed by atoms with Gasteiger partial charge in [-0.05, 0) is 30.4 Å². The van der Waals surface area contributed by atoms with Crippen LogP contribution in [0, 0.1) is 0 Å². The maximum atomic E-state index is 5.41. The van der Waals surface area contributed by atoms with Crippen LogP contribution in [0.3, 0.4) is 0 Å². The zero-order chi connectivity index (χ0) is 12.4. The van der Waals surface area contributed by atoms with Gasteiger partial charge < -0.3 is 4.74 Å². The van der Waals surface area contributed by atoms with Gasteiger partial charge >= 0.3 is 0 Å². The van der Waals surface area contributed by atoms with Crippen molar-refractivity contribution in [3.63, 3.8) is 0 Å². The molecule has 0 saturated carbocycles. The molecule has 0 spiro atoms. The molecule has 0 atom stereocenters. The fraction of sp³-hybridized carbons (Fsp3) is 0.188. The first-order valence-electron chi connectivity index (χ1n) is 6.19. The first-order valence-corrected chi connectivity index (χ1v) is 6.19. The first kappa shape index (κ1) is 11.0. The molecule has 2 heteroatoms. The van der Waals surface area contributed by atoms with Crippen LogP contribution < -0.4 is 4.74 Å². The van der Waals surface area contributed by atoms with Gasteiger partial charge in [-0.15, -0.1) is 0 Å². The summed E-state index contributed by atoms with van der Waals surface area (Å²) >= 11 is 0. The minimum Gasteiger partial charge on any atom is -0.496 e. The molecule has 0 N–H and O–H groups in total. The highest BCUT2D eigenvalue weighted by atomic mass is 16.5. The number of hydrogen-bond donors (Lipinski definition) is 0. The minimum absolute atomic E-state index is 0.912. The van der Waals surface area contributed by atoms with E-state index in [-0.39, 0.29) is 0 Å². The summed E-state index contributed by atoms with van der Waals surface area (Å²) < 4.78 is 5.41. The van der Waals surface area contributed by atoms with Crippen molar-refractivity contribution < 1.29 is 4.74 Å². The van der Waals surface area contributed by atoms with Crippen molar-refractivity contribution in [2.45, 2.75) is 12.8 Å². The Morgan fingerprint density at radius 3 is 2.56 bits per heavy atom. The number of benzene rings is 2. The molecule has 1 aliphatic rings. The molecule has 0 fully saturated rings. The molecule has 90 valence electrons. The van der Waals surface area contributed by atoms with Crippen molar-refractivity contribution >= 4 is 22.7 Å². The van der Waals surface area contributed by atoms with Crippen LogP contribution in [0.5, 0.6) is 5.75 Å². The van der Waals surface area contributed by atoms with Crippen LogP contribution in [0.15, 0.2) is 47.5 Å². The summed E-state index contributed by atoms with van der Waals surface area (Å²) in [6.07, 6.45) is 6.30. The van der Waals surface area contributed by atoms with E-state index >= 15 is 0 Å². The SMILES string of the molecule is COc1ccc(C2=CCCC=N2)c2ccccc12. The molecule has 0 aliphatic carbocycles. The zero-order valence-corrected chi connectivity index (χ0v) is 10.4. The van der Waals surface area contributed by atoms with Crippen LogP contribution in [0.1, 0.15) is 18.4 Å². The average Bonchev–Trinajstić information content (AvgIpc) is 2.47. The molecule has 0 bridgehead atoms. The number of allylic oxidation sites excluding steroid dienone is 1. The topological polar surface area (TPSA) is 21.6 Å². The summed E-state index contributed by atoms with van der Waals surface area (Å²) in [5.74, 6) is 0.912. The van der Waals surface area contributed by atoms with E-state index in [0.717, 1.165) is 29.7 Å². The molecule has 2 aromatic carbocycles. The van der Waals surface area contributed by atoms with Crippen LogP contribution >= 0.6 is 0 Å². The van der Waals surface area contributed by atoms with E-state index in [2.05, 4.69) is 35.3 Å². The van der Waals surface area contributed by atoms with Crippen LogP contribution in [0.25, 0.3) is 16.5 Å². The summed E-state index contributed by atoms with van der Waals surface area (Å²) in [6, 6.07) is 12.4. The number of hydrogen-bond acceptors (Lipinski definition) is 2. The average molecular weight is 237 g/mol. The van der Waals surface area contributed by atoms with Gasteiger partial charge in [0.25, 0.3) is 0 Å². The molecule has 0 saturated heterocycles. The first-order chi connectivity index (χ1) is 8.90. The van der Waals surface area contributed by atoms with E-state index in [1.54, 1.807) is 7.11 Å². The third-order valence-corrected chi connectivity index (χ3v) is 3.24. The Morgan fingerprint density at radius 2 is 1.83 bits per heavy atom. The third kappa shape index (κ3) is 1.80. The van der Waals surface area contributed by atoms with Gasteiger partial charge in [0, 0.05) is 17.2 Å². The van der Waals surface area contributed by atoms with Gasteiger partial charge in [0.1, 0.15) is 5.75 Å². The summed E-state index contributed by atoms with van der Waals surface area (Å²) in [4.78, 5) is 4.50. The molecule has 1 aliphatic heterocycles. The van der Waals surface area contributed by atoms with Crippen molar-refractivity contribution in [1.29, 1.82) is 0 Å². The third-order valence-electron chi connectivity index (χ3n) is 3.24. The van der Waals surface area contributed by atoms with Crippen molar-refractivity contribution in [1.82, 2.24) is 0 Å². The fourth-order valence-corrected chi connectivity index (χ4v) is 2.36. The van der Waals surface area contributed by atoms with Gasteiger partial charge in [-0.25, -0.2) is 0 Å². The van der Waals surface area contributed by atoms with Crippen LogP contribution in [-0.4, -0.2) is 13.3 Å². The van der Waals surface area contributed by atoms with Crippen LogP contribution in [0.4, 0.5) is 0 Å². The molecule has 1 heterocycles. The largest absolute Gasteiger partial charge is 0.496 e. The maximum absolute atomic E-state index is 5.41. The number of fused-ring (bicyclic) bond motifs is 1. The molecule has 0 radical (unpaired) electrons. The van der Waals surface area contributed by atoms with Crippen molar-refractivity contribution in [3.8, 4) is 5.75 Å². The van der Waals surface area contributed by atoms with E-state index in [0.29, 0.717) is 0 Å². The second-order valence-corrected chi connectivity index (χ2v) is 4.34.